The molecule has 2 rings (SSSR count). The summed E-state index contributed by atoms with van der Waals surface area (Å²) in [5.74, 6) is -0.179. The lowest BCUT2D eigenvalue weighted by Gasteiger charge is -2.15. The molecule has 0 fully saturated rings. The fraction of sp³-hybridized carbons (Fsp3) is 0.200. The van der Waals surface area contributed by atoms with Gasteiger partial charge in [-0.2, -0.15) is 0 Å². The van der Waals surface area contributed by atoms with Gasteiger partial charge in [0, 0.05) is 5.02 Å². The number of benzene rings is 2. The average Bonchev–Trinajstić information content (AvgIpc) is 2.35. The molecule has 0 aliphatic rings. The fourth-order valence-corrected chi connectivity index (χ4v) is 2.85. The first-order valence-corrected chi connectivity index (χ1v) is 6.94. The van der Waals surface area contributed by atoms with E-state index in [-0.39, 0.29) is 10.6 Å². The predicted molar refractivity (Wildman–Crippen MR) is 78.1 cm³/mol. The van der Waals surface area contributed by atoms with Crippen LogP contribution < -0.4 is 0 Å². The minimum absolute atomic E-state index is 0.0236. The van der Waals surface area contributed by atoms with Gasteiger partial charge in [-0.1, -0.05) is 45.7 Å². The Morgan fingerprint density at radius 3 is 2.44 bits per heavy atom. The highest BCUT2D eigenvalue weighted by atomic mass is 79.9. The second-order valence-corrected chi connectivity index (χ2v) is 5.72. The Bertz CT molecular complexity index is 581. The third-order valence-corrected chi connectivity index (χ3v) is 4.25. The molecule has 0 saturated carbocycles. The zero-order chi connectivity index (χ0) is 13.3. The Hall–Kier alpha value is -0.860. The zero-order valence-electron chi connectivity index (χ0n) is 10.2. The molecule has 1 unspecified atom stereocenters. The number of alkyl halides is 1. The van der Waals surface area contributed by atoms with Gasteiger partial charge in [0.1, 0.15) is 5.82 Å². The van der Waals surface area contributed by atoms with Gasteiger partial charge < -0.3 is 0 Å². The van der Waals surface area contributed by atoms with E-state index in [1.165, 1.54) is 6.07 Å². The summed E-state index contributed by atoms with van der Waals surface area (Å²) in [5, 5.41) is 0.707. The summed E-state index contributed by atoms with van der Waals surface area (Å²) in [5.41, 5.74) is 3.94. The van der Waals surface area contributed by atoms with Crippen LogP contribution in [0.4, 0.5) is 4.39 Å². The molecule has 0 N–H and O–H groups in total. The van der Waals surface area contributed by atoms with Gasteiger partial charge in [-0.05, 0) is 54.3 Å². The Morgan fingerprint density at radius 2 is 1.78 bits per heavy atom. The van der Waals surface area contributed by atoms with Gasteiger partial charge in [-0.15, -0.1) is 0 Å². The van der Waals surface area contributed by atoms with Crippen molar-refractivity contribution in [1.29, 1.82) is 0 Å². The lowest BCUT2D eigenvalue weighted by atomic mass is 9.99. The molecular formula is C15H13BrClF. The summed E-state index contributed by atoms with van der Waals surface area (Å²) in [6.07, 6.45) is 0. The van der Waals surface area contributed by atoms with E-state index < -0.39 is 0 Å². The van der Waals surface area contributed by atoms with Crippen LogP contribution in [0.1, 0.15) is 27.1 Å². The SMILES string of the molecule is Cc1cc(C(Br)c2cc(Cl)ccc2C)ccc1F. The first kappa shape index (κ1) is 13.6. The van der Waals surface area contributed by atoms with Gasteiger partial charge >= 0.3 is 0 Å². The highest BCUT2D eigenvalue weighted by Gasteiger charge is 2.14. The zero-order valence-corrected chi connectivity index (χ0v) is 12.5. The first-order valence-electron chi connectivity index (χ1n) is 5.65. The summed E-state index contributed by atoms with van der Waals surface area (Å²) in [4.78, 5) is 0.0236. The lowest BCUT2D eigenvalue weighted by molar-refractivity contribution is 0.617. The van der Waals surface area contributed by atoms with E-state index in [2.05, 4.69) is 15.9 Å². The number of halogens is 3. The van der Waals surface area contributed by atoms with Gasteiger partial charge in [0.2, 0.25) is 0 Å². The first-order chi connectivity index (χ1) is 8.49. The normalized spacial score (nSPS) is 12.5. The molecule has 0 amide bonds. The van der Waals surface area contributed by atoms with Crippen LogP contribution >= 0.6 is 27.5 Å². The van der Waals surface area contributed by atoms with Gasteiger partial charge in [-0.25, -0.2) is 4.39 Å². The summed E-state index contributed by atoms with van der Waals surface area (Å²) in [6, 6.07) is 10.9. The van der Waals surface area contributed by atoms with Crippen molar-refractivity contribution in [2.45, 2.75) is 18.7 Å². The second-order valence-electron chi connectivity index (χ2n) is 4.37. The fourth-order valence-electron chi connectivity index (χ4n) is 1.89. The lowest BCUT2D eigenvalue weighted by Crippen LogP contribution is -1.97. The molecule has 2 aromatic carbocycles. The third kappa shape index (κ3) is 2.76. The number of aryl methyl sites for hydroxylation is 2. The molecule has 94 valence electrons. The van der Waals surface area contributed by atoms with Gasteiger partial charge in [0.25, 0.3) is 0 Å². The molecular weight excluding hydrogens is 315 g/mol. The maximum atomic E-state index is 13.3. The number of hydrogen-bond acceptors (Lipinski definition) is 0. The van der Waals surface area contributed by atoms with Crippen molar-refractivity contribution in [2.75, 3.05) is 0 Å². The summed E-state index contributed by atoms with van der Waals surface area (Å²) >= 11 is 9.68. The molecule has 18 heavy (non-hydrogen) atoms. The van der Waals surface area contributed by atoms with Crippen LogP contribution in [0, 0.1) is 19.7 Å². The smallest absolute Gasteiger partial charge is 0.126 e. The molecule has 0 aromatic heterocycles. The van der Waals surface area contributed by atoms with Crippen molar-refractivity contribution in [3.63, 3.8) is 0 Å². The molecule has 0 bridgehead atoms. The molecule has 0 aliphatic carbocycles. The van der Waals surface area contributed by atoms with E-state index in [4.69, 9.17) is 11.6 Å². The molecule has 0 radical (unpaired) electrons. The monoisotopic (exact) mass is 326 g/mol. The van der Waals surface area contributed by atoms with Gasteiger partial charge in [-0.3, -0.25) is 0 Å². The summed E-state index contributed by atoms with van der Waals surface area (Å²) in [7, 11) is 0. The highest BCUT2D eigenvalue weighted by Crippen LogP contribution is 2.34. The molecule has 0 heterocycles. The van der Waals surface area contributed by atoms with Crippen molar-refractivity contribution >= 4 is 27.5 Å². The molecule has 0 spiro atoms. The van der Waals surface area contributed by atoms with Crippen molar-refractivity contribution in [2.24, 2.45) is 0 Å². The minimum atomic E-state index is -0.179. The topological polar surface area (TPSA) is 0 Å². The molecule has 0 saturated heterocycles. The van der Waals surface area contributed by atoms with E-state index in [1.54, 1.807) is 13.0 Å². The van der Waals surface area contributed by atoms with Gasteiger partial charge in [0.05, 0.1) is 4.83 Å². The van der Waals surface area contributed by atoms with Crippen molar-refractivity contribution in [3.8, 4) is 0 Å². The van der Waals surface area contributed by atoms with Crippen molar-refractivity contribution < 1.29 is 4.39 Å². The van der Waals surface area contributed by atoms with E-state index >= 15 is 0 Å². The second kappa shape index (κ2) is 5.41. The minimum Gasteiger partial charge on any atom is -0.207 e. The number of rotatable bonds is 2. The van der Waals surface area contributed by atoms with E-state index in [0.717, 1.165) is 16.7 Å². The van der Waals surface area contributed by atoms with Crippen LogP contribution in [0.3, 0.4) is 0 Å². The Labute approximate surface area is 120 Å². The molecule has 1 atom stereocenters. The molecule has 2 aromatic rings. The van der Waals surface area contributed by atoms with Crippen LogP contribution in [0.15, 0.2) is 36.4 Å². The van der Waals surface area contributed by atoms with E-state index in [0.29, 0.717) is 10.6 Å². The standard InChI is InChI=1S/C15H13BrClF/c1-9-3-5-12(17)8-13(9)15(16)11-4-6-14(18)10(2)7-11/h3-8,15H,1-2H3. The van der Waals surface area contributed by atoms with Crippen LogP contribution in [0.5, 0.6) is 0 Å². The summed E-state index contributed by atoms with van der Waals surface area (Å²) in [6.45, 7) is 3.81. The largest absolute Gasteiger partial charge is 0.207 e. The molecule has 0 aliphatic heterocycles. The van der Waals surface area contributed by atoms with Crippen molar-refractivity contribution in [3.05, 3.63) is 69.5 Å². The Kier molecular flexibility index (Phi) is 4.08. The van der Waals surface area contributed by atoms with E-state index in [1.807, 2.05) is 31.2 Å². The summed E-state index contributed by atoms with van der Waals surface area (Å²) < 4.78 is 13.3. The Balaban J connectivity index is 2.44. The maximum absolute atomic E-state index is 13.3. The molecule has 0 nitrogen and oxygen atoms in total. The van der Waals surface area contributed by atoms with Gasteiger partial charge in [0.15, 0.2) is 0 Å². The van der Waals surface area contributed by atoms with E-state index in [9.17, 15) is 4.39 Å². The molecule has 3 heteroatoms. The highest BCUT2D eigenvalue weighted by molar-refractivity contribution is 9.09. The average molecular weight is 328 g/mol. The maximum Gasteiger partial charge on any atom is 0.126 e. The quantitative estimate of drug-likeness (QED) is 0.632. The predicted octanol–water partition coefficient (Wildman–Crippen LogP) is 5.58. The van der Waals surface area contributed by atoms with Crippen LogP contribution in [-0.2, 0) is 0 Å². The number of hydrogen-bond donors (Lipinski definition) is 0. The van der Waals surface area contributed by atoms with Crippen LogP contribution in [0.2, 0.25) is 5.02 Å². The third-order valence-electron chi connectivity index (χ3n) is 2.99. The van der Waals surface area contributed by atoms with Crippen LogP contribution in [0.25, 0.3) is 0 Å². The Morgan fingerprint density at radius 1 is 1.06 bits per heavy atom. The van der Waals surface area contributed by atoms with Crippen LogP contribution in [-0.4, -0.2) is 0 Å². The van der Waals surface area contributed by atoms with Crippen molar-refractivity contribution in [1.82, 2.24) is 0 Å².